The number of carboxylic acid groups (broad SMARTS) is 1. The van der Waals surface area contributed by atoms with Gasteiger partial charge in [-0.25, -0.2) is 8.78 Å². The zero-order valence-corrected chi connectivity index (χ0v) is 22.1. The van der Waals surface area contributed by atoms with Crippen LogP contribution in [0.4, 0.5) is 8.78 Å². The van der Waals surface area contributed by atoms with Crippen LogP contribution in [0.25, 0.3) is 10.9 Å². The number of fused-ring (bicyclic) bond motifs is 1. The summed E-state index contributed by atoms with van der Waals surface area (Å²) in [5.74, 6) is 5.75. The minimum absolute atomic E-state index is 0.0613. The number of halogens is 3. The van der Waals surface area contributed by atoms with Crippen molar-refractivity contribution in [3.05, 3.63) is 70.6 Å². The molecule has 3 aromatic rings. The molecule has 2 aromatic carbocycles. The van der Waals surface area contributed by atoms with Gasteiger partial charge in [0.1, 0.15) is 17.7 Å². The maximum Gasteiger partial charge on any atom is 0.303 e. The number of pyridine rings is 1. The first-order valence-corrected chi connectivity index (χ1v) is 13.2. The second-order valence-electron chi connectivity index (χ2n) is 9.74. The molecule has 3 atom stereocenters. The molecule has 4 rings (SSSR count). The number of hydrogen-bond donors (Lipinski definition) is 1. The van der Waals surface area contributed by atoms with Crippen LogP contribution in [0.15, 0.2) is 48.7 Å². The number of alkyl halides is 1. The summed E-state index contributed by atoms with van der Waals surface area (Å²) in [5.41, 5.74) is 1.88. The number of rotatable bonds is 9. The molecular weight excluding hydrogens is 510 g/mol. The third kappa shape index (κ3) is 7.21. The summed E-state index contributed by atoms with van der Waals surface area (Å²) >= 11 is 5.73. The number of methoxy groups -OCH3 is 1. The number of likely N-dealkylation sites (tertiary alicyclic amines) is 1. The number of aromatic nitrogens is 1. The van der Waals surface area contributed by atoms with Crippen molar-refractivity contribution in [3.8, 4) is 17.6 Å². The van der Waals surface area contributed by atoms with Gasteiger partial charge in [-0.05, 0) is 92.1 Å². The van der Waals surface area contributed by atoms with E-state index >= 15 is 4.39 Å². The smallest absolute Gasteiger partial charge is 0.303 e. The van der Waals surface area contributed by atoms with E-state index in [1.165, 1.54) is 12.1 Å². The number of benzene rings is 2. The molecule has 1 aliphatic rings. The van der Waals surface area contributed by atoms with Crippen LogP contribution in [0.2, 0.25) is 5.02 Å². The fourth-order valence-electron chi connectivity index (χ4n) is 5.21. The zero-order valence-electron chi connectivity index (χ0n) is 21.3. The highest BCUT2D eigenvalue weighted by Gasteiger charge is 2.30. The van der Waals surface area contributed by atoms with Crippen molar-refractivity contribution in [2.24, 2.45) is 11.8 Å². The average Bonchev–Trinajstić information content (AvgIpc) is 2.92. The van der Waals surface area contributed by atoms with E-state index in [1.54, 1.807) is 25.4 Å². The lowest BCUT2D eigenvalue weighted by atomic mass is 9.79. The molecule has 0 bridgehead atoms. The van der Waals surface area contributed by atoms with E-state index in [1.807, 2.05) is 18.2 Å². The maximum atomic E-state index is 15.5. The van der Waals surface area contributed by atoms with Gasteiger partial charge < -0.3 is 9.84 Å². The first kappa shape index (κ1) is 27.8. The summed E-state index contributed by atoms with van der Waals surface area (Å²) < 4.78 is 34.5. The van der Waals surface area contributed by atoms with Crippen molar-refractivity contribution >= 4 is 28.5 Å². The van der Waals surface area contributed by atoms with E-state index in [9.17, 15) is 14.3 Å². The molecule has 1 aliphatic heterocycles. The summed E-state index contributed by atoms with van der Waals surface area (Å²) in [7, 11) is 1.58. The van der Waals surface area contributed by atoms with Crippen LogP contribution in [0.5, 0.6) is 5.75 Å². The van der Waals surface area contributed by atoms with E-state index in [4.69, 9.17) is 16.3 Å². The number of aliphatic carboxylic acids is 1. The predicted molar refractivity (Wildman–Crippen MR) is 145 cm³/mol. The second-order valence-corrected chi connectivity index (χ2v) is 10.1. The lowest BCUT2D eigenvalue weighted by Crippen LogP contribution is -2.41. The van der Waals surface area contributed by atoms with Gasteiger partial charge in [0.2, 0.25) is 0 Å². The van der Waals surface area contributed by atoms with Crippen LogP contribution in [0.1, 0.15) is 49.4 Å². The number of carbonyl (C=O) groups is 1. The van der Waals surface area contributed by atoms with Gasteiger partial charge in [-0.3, -0.25) is 14.7 Å². The predicted octanol–water partition coefficient (Wildman–Crippen LogP) is 6.68. The average molecular weight is 541 g/mol. The number of carboxylic acids is 1. The molecule has 2 unspecified atom stereocenters. The van der Waals surface area contributed by atoms with E-state index in [-0.39, 0.29) is 23.3 Å². The van der Waals surface area contributed by atoms with Crippen LogP contribution in [0, 0.1) is 29.5 Å². The van der Waals surface area contributed by atoms with Crippen molar-refractivity contribution in [3.63, 3.8) is 0 Å². The van der Waals surface area contributed by atoms with Gasteiger partial charge in [0, 0.05) is 30.1 Å². The molecule has 0 saturated carbocycles. The third-order valence-electron chi connectivity index (χ3n) is 7.27. The molecule has 0 spiro atoms. The molecule has 0 aliphatic carbocycles. The highest BCUT2D eigenvalue weighted by atomic mass is 35.5. The van der Waals surface area contributed by atoms with Gasteiger partial charge in [0.15, 0.2) is 0 Å². The molecule has 1 aromatic heterocycles. The molecule has 200 valence electrons. The van der Waals surface area contributed by atoms with Gasteiger partial charge in [0.05, 0.1) is 24.2 Å². The molecule has 8 heteroatoms. The topological polar surface area (TPSA) is 62.7 Å². The number of nitrogens with zero attached hydrogens (tertiary/aromatic N) is 2. The Hall–Kier alpha value is -3.21. The summed E-state index contributed by atoms with van der Waals surface area (Å²) in [6.07, 6.45) is 2.96. The van der Waals surface area contributed by atoms with E-state index in [0.29, 0.717) is 49.2 Å². The van der Waals surface area contributed by atoms with Gasteiger partial charge in [-0.1, -0.05) is 23.4 Å². The van der Waals surface area contributed by atoms with Gasteiger partial charge in [0.25, 0.3) is 0 Å². The van der Waals surface area contributed by atoms with Gasteiger partial charge in [-0.2, -0.15) is 0 Å². The van der Waals surface area contributed by atoms with Crippen LogP contribution in [0.3, 0.4) is 0 Å². The Labute approximate surface area is 226 Å². The van der Waals surface area contributed by atoms with Crippen LogP contribution in [-0.4, -0.2) is 47.7 Å². The van der Waals surface area contributed by atoms with Crippen molar-refractivity contribution in [1.29, 1.82) is 0 Å². The molecular formula is C30H31ClF2N2O3. The molecule has 5 nitrogen and oxygen atoms in total. The minimum Gasteiger partial charge on any atom is -0.497 e. The summed E-state index contributed by atoms with van der Waals surface area (Å²) in [5, 5.41) is 10.1. The maximum absolute atomic E-state index is 15.5. The monoisotopic (exact) mass is 540 g/mol. The van der Waals surface area contributed by atoms with E-state index in [0.717, 1.165) is 23.9 Å². The van der Waals surface area contributed by atoms with Crippen LogP contribution in [-0.2, 0) is 4.79 Å². The summed E-state index contributed by atoms with van der Waals surface area (Å²) in [4.78, 5) is 17.8. The van der Waals surface area contributed by atoms with E-state index in [2.05, 4.69) is 21.7 Å². The lowest BCUT2D eigenvalue weighted by Gasteiger charge is -2.38. The quantitative estimate of drug-likeness (QED) is 0.307. The zero-order chi connectivity index (χ0) is 27.1. The molecule has 1 fully saturated rings. The second kappa shape index (κ2) is 13.0. The SMILES string of the molecule is COc1ccc2nccc([C@@H](F)CCC3CCN(CC#Cc4ccc(Cl)c(F)c4)CC3CCC(=O)O)c2c1. The molecule has 1 saturated heterocycles. The molecule has 1 N–H and O–H groups in total. The van der Waals surface area contributed by atoms with E-state index < -0.39 is 18.0 Å². The fourth-order valence-corrected chi connectivity index (χ4v) is 5.32. The summed E-state index contributed by atoms with van der Waals surface area (Å²) in [6.45, 7) is 2.00. The Morgan fingerprint density at radius 3 is 2.84 bits per heavy atom. The number of ether oxygens (including phenoxy) is 1. The molecule has 0 amide bonds. The van der Waals surface area contributed by atoms with Crippen LogP contribution >= 0.6 is 11.6 Å². The standard InChI is InChI=1S/C30H31ClF2N2O3/c1-38-23-7-10-29-25(18-23)24(12-14-34-29)27(32)9-5-21-13-16-35(19-22(21)6-11-30(36)37)15-2-3-20-4-8-26(31)28(33)17-20/h4,7-8,10,12,14,17-18,21-22,27H,5-6,9,11,13,15-16,19H2,1H3,(H,36,37)/t21?,22?,27-/m0/s1. The van der Waals surface area contributed by atoms with Gasteiger partial charge in [-0.15, -0.1) is 0 Å². The number of piperidine rings is 1. The Kier molecular flexibility index (Phi) is 9.54. The van der Waals surface area contributed by atoms with Crippen molar-refractivity contribution < 1.29 is 23.4 Å². The first-order chi connectivity index (χ1) is 18.3. The third-order valence-corrected chi connectivity index (χ3v) is 7.58. The lowest BCUT2D eigenvalue weighted by molar-refractivity contribution is -0.137. The largest absolute Gasteiger partial charge is 0.497 e. The normalized spacial score (nSPS) is 18.5. The highest BCUT2D eigenvalue weighted by molar-refractivity contribution is 6.30. The Morgan fingerprint density at radius 2 is 2.08 bits per heavy atom. The number of hydrogen-bond acceptors (Lipinski definition) is 4. The van der Waals surface area contributed by atoms with Crippen molar-refractivity contribution in [1.82, 2.24) is 9.88 Å². The first-order valence-electron chi connectivity index (χ1n) is 12.8. The Bertz CT molecular complexity index is 1340. The van der Waals surface area contributed by atoms with Crippen molar-refractivity contribution in [2.45, 2.75) is 38.3 Å². The molecule has 38 heavy (non-hydrogen) atoms. The van der Waals surface area contributed by atoms with Crippen molar-refractivity contribution in [2.75, 3.05) is 26.7 Å². The Balaban J connectivity index is 1.39. The highest BCUT2D eigenvalue weighted by Crippen LogP contribution is 2.36. The molecule has 2 heterocycles. The Morgan fingerprint density at radius 1 is 1.24 bits per heavy atom. The fraction of sp³-hybridized carbons (Fsp3) is 0.400. The van der Waals surface area contributed by atoms with Crippen LogP contribution < -0.4 is 4.74 Å². The summed E-state index contributed by atoms with van der Waals surface area (Å²) in [6, 6.07) is 11.7. The minimum atomic E-state index is -1.16. The van der Waals surface area contributed by atoms with Gasteiger partial charge >= 0.3 is 5.97 Å². The molecule has 0 radical (unpaired) electrons.